The molecule has 7 rings (SSSR count). The highest BCUT2D eigenvalue weighted by molar-refractivity contribution is 6.39. The molecule has 2 saturated heterocycles. The number of halogens is 4. The Kier molecular flexibility index (Phi) is 9.55. The minimum Gasteiger partial charge on any atom is -0.496 e. The molecule has 5 heterocycles. The molecule has 2 aromatic carbocycles. The number of ether oxygens (including phenoxy) is 1. The van der Waals surface area contributed by atoms with Crippen molar-refractivity contribution in [3.05, 3.63) is 81.2 Å². The maximum absolute atomic E-state index is 15.7. The van der Waals surface area contributed by atoms with Crippen molar-refractivity contribution in [3.63, 3.8) is 0 Å². The molecule has 50 heavy (non-hydrogen) atoms. The van der Waals surface area contributed by atoms with Crippen LogP contribution in [-0.4, -0.2) is 82.7 Å². The molecule has 14 heteroatoms. The summed E-state index contributed by atoms with van der Waals surface area (Å²) in [5.41, 5.74) is 4.40. The molecule has 0 bridgehead atoms. The second-order valence-corrected chi connectivity index (χ2v) is 14.1. The van der Waals surface area contributed by atoms with E-state index in [0.717, 1.165) is 24.4 Å². The average Bonchev–Trinajstić information content (AvgIpc) is 3.64. The molecule has 0 atom stereocenters. The van der Waals surface area contributed by atoms with Gasteiger partial charge in [-0.3, -0.25) is 28.8 Å². The molecule has 2 fully saturated rings. The van der Waals surface area contributed by atoms with Crippen molar-refractivity contribution < 1.29 is 23.1 Å². The van der Waals surface area contributed by atoms with Gasteiger partial charge in [-0.1, -0.05) is 35.3 Å². The normalized spacial score (nSPS) is 17.0. The van der Waals surface area contributed by atoms with E-state index < -0.39 is 11.7 Å². The number of likely N-dealkylation sites (tertiary alicyclic amines) is 1. The van der Waals surface area contributed by atoms with Crippen molar-refractivity contribution in [2.24, 2.45) is 12.5 Å². The molecule has 4 aromatic rings. The fraction of sp³-hybridized carbons (Fsp3) is 0.389. The first-order chi connectivity index (χ1) is 24.1. The summed E-state index contributed by atoms with van der Waals surface area (Å²) in [6, 6.07) is 10.1. The lowest BCUT2D eigenvalue weighted by Gasteiger charge is -2.47. The van der Waals surface area contributed by atoms with Gasteiger partial charge in [-0.05, 0) is 30.7 Å². The molecule has 0 radical (unpaired) electrons. The van der Waals surface area contributed by atoms with Crippen molar-refractivity contribution >= 4 is 40.7 Å². The Labute approximate surface area is 298 Å². The average molecular weight is 725 g/mol. The summed E-state index contributed by atoms with van der Waals surface area (Å²) >= 11 is 13.9. The number of carbonyl (C=O) groups is 2. The second-order valence-electron chi connectivity index (χ2n) is 13.3. The molecular formula is C36H37Cl2F2N7O3. The van der Waals surface area contributed by atoms with Crippen LogP contribution >= 0.6 is 23.2 Å². The zero-order chi connectivity index (χ0) is 35.2. The van der Waals surface area contributed by atoms with Gasteiger partial charge in [0.1, 0.15) is 11.6 Å². The van der Waals surface area contributed by atoms with Crippen molar-refractivity contribution in [2.75, 3.05) is 51.8 Å². The monoisotopic (exact) mass is 723 g/mol. The van der Waals surface area contributed by atoms with Gasteiger partial charge in [-0.15, -0.1) is 0 Å². The molecule has 2 N–H and O–H groups in total. The van der Waals surface area contributed by atoms with Gasteiger partial charge >= 0.3 is 0 Å². The van der Waals surface area contributed by atoms with Crippen LogP contribution in [0, 0.1) is 11.2 Å². The van der Waals surface area contributed by atoms with E-state index in [-0.39, 0.29) is 33.9 Å². The van der Waals surface area contributed by atoms with Crippen LogP contribution in [0.3, 0.4) is 0 Å². The summed E-state index contributed by atoms with van der Waals surface area (Å²) < 4.78 is 35.8. The molecule has 0 unspecified atom stereocenters. The highest BCUT2D eigenvalue weighted by Crippen LogP contribution is 2.43. The Bertz CT molecular complexity index is 1980. The Morgan fingerprint density at radius 3 is 2.68 bits per heavy atom. The SMILES string of the molecule is COc1cc(-c2nccc(-c3cccc(NC(=O)c4nc5c(n4C)CCN(CCCF)C5)c3Cl)c2Cl)cc(F)c1CN1CC2(CNC(=O)C2)C1. The highest BCUT2D eigenvalue weighted by atomic mass is 35.5. The van der Waals surface area contributed by atoms with E-state index in [0.29, 0.717) is 91.5 Å². The molecule has 2 aromatic heterocycles. The van der Waals surface area contributed by atoms with E-state index in [1.54, 1.807) is 41.1 Å². The van der Waals surface area contributed by atoms with E-state index in [9.17, 15) is 14.0 Å². The molecule has 10 nitrogen and oxygen atoms in total. The Morgan fingerprint density at radius 1 is 1.14 bits per heavy atom. The number of pyridine rings is 1. The van der Waals surface area contributed by atoms with Crippen molar-refractivity contribution in [1.29, 1.82) is 0 Å². The summed E-state index contributed by atoms with van der Waals surface area (Å²) in [4.78, 5) is 38.6. The van der Waals surface area contributed by atoms with Crippen molar-refractivity contribution in [1.82, 2.24) is 29.7 Å². The molecule has 3 aliphatic heterocycles. The van der Waals surface area contributed by atoms with Gasteiger partial charge in [0.25, 0.3) is 5.91 Å². The number of carbonyl (C=O) groups excluding carboxylic acids is 2. The van der Waals surface area contributed by atoms with Crippen LogP contribution < -0.4 is 15.4 Å². The maximum Gasteiger partial charge on any atom is 0.291 e. The van der Waals surface area contributed by atoms with Crippen LogP contribution in [0.4, 0.5) is 14.5 Å². The fourth-order valence-electron chi connectivity index (χ4n) is 7.42. The minimum absolute atomic E-state index is 0.0603. The molecule has 3 aliphatic rings. The lowest BCUT2D eigenvalue weighted by Crippen LogP contribution is -2.56. The van der Waals surface area contributed by atoms with Crippen molar-refractivity contribution in [3.8, 4) is 28.1 Å². The van der Waals surface area contributed by atoms with E-state index in [1.807, 2.05) is 7.05 Å². The second kappa shape index (κ2) is 13.9. The number of hydrogen-bond donors (Lipinski definition) is 2. The number of aromatic nitrogens is 3. The van der Waals surface area contributed by atoms with Crippen LogP contribution in [0.1, 0.15) is 40.4 Å². The zero-order valence-corrected chi connectivity index (χ0v) is 29.3. The fourth-order valence-corrected chi connectivity index (χ4v) is 8.02. The van der Waals surface area contributed by atoms with Gasteiger partial charge in [0.05, 0.1) is 40.9 Å². The summed E-state index contributed by atoms with van der Waals surface area (Å²) in [5.74, 6) is -0.176. The largest absolute Gasteiger partial charge is 0.496 e. The number of alkyl halides is 1. The zero-order valence-electron chi connectivity index (χ0n) is 27.8. The smallest absolute Gasteiger partial charge is 0.291 e. The Hall–Kier alpha value is -4.10. The molecule has 1 spiro atoms. The van der Waals surface area contributed by atoms with Gasteiger partial charge in [0, 0.05) is 105 Å². The Balaban J connectivity index is 1.11. The standard InChI is InChI=1S/C36H37Cl2F2N7O3/c1-45-28-8-12-46(11-4-9-39)17-27(28)43-34(45)35(49)44-26-6-3-5-22(31(26)37)23-7-10-41-33(32(23)38)21-13-25(40)24(29(14-21)50-2)16-47-19-36(20-47)15-30(48)42-18-36/h3,5-7,10,13-14H,4,8-9,11-12,15-20H2,1-2H3,(H,42,48)(H,44,49). The number of benzene rings is 2. The number of rotatable bonds is 10. The number of anilines is 1. The first-order valence-electron chi connectivity index (χ1n) is 16.5. The van der Waals surface area contributed by atoms with Crippen LogP contribution in [0.5, 0.6) is 5.75 Å². The number of amides is 2. The Morgan fingerprint density at radius 2 is 1.94 bits per heavy atom. The van der Waals surface area contributed by atoms with Crippen LogP contribution in [-0.2, 0) is 31.4 Å². The first kappa shape index (κ1) is 34.4. The molecule has 0 saturated carbocycles. The lowest BCUT2D eigenvalue weighted by molar-refractivity contribution is -0.120. The molecule has 0 aliphatic carbocycles. The third-order valence-corrected chi connectivity index (χ3v) is 10.7. The predicted molar refractivity (Wildman–Crippen MR) is 188 cm³/mol. The van der Waals surface area contributed by atoms with Crippen LogP contribution in [0.25, 0.3) is 22.4 Å². The van der Waals surface area contributed by atoms with Gasteiger partial charge in [-0.2, -0.15) is 0 Å². The van der Waals surface area contributed by atoms with E-state index in [2.05, 4.69) is 30.4 Å². The first-order valence-corrected chi connectivity index (χ1v) is 17.3. The third-order valence-electron chi connectivity index (χ3n) is 9.92. The van der Waals surface area contributed by atoms with Gasteiger partial charge in [-0.25, -0.2) is 9.37 Å². The lowest BCUT2D eigenvalue weighted by atomic mass is 9.79. The van der Waals surface area contributed by atoms with Gasteiger partial charge in [0.2, 0.25) is 5.91 Å². The quantitative estimate of drug-likeness (QED) is 0.210. The van der Waals surface area contributed by atoms with Gasteiger partial charge in [0.15, 0.2) is 5.82 Å². The number of methoxy groups -OCH3 is 1. The number of fused-ring (bicyclic) bond motifs is 1. The minimum atomic E-state index is -0.449. The number of imidazole rings is 1. The molecular weight excluding hydrogens is 687 g/mol. The molecule has 2 amide bonds. The molecule has 262 valence electrons. The topological polar surface area (TPSA) is 105 Å². The highest BCUT2D eigenvalue weighted by Gasteiger charge is 2.48. The van der Waals surface area contributed by atoms with Crippen LogP contribution in [0.15, 0.2) is 42.6 Å². The predicted octanol–water partition coefficient (Wildman–Crippen LogP) is 5.90. The van der Waals surface area contributed by atoms with Crippen LogP contribution in [0.2, 0.25) is 10.0 Å². The number of nitrogens with one attached hydrogen (secondary N) is 2. The number of nitrogens with zero attached hydrogens (tertiary/aromatic N) is 5. The van der Waals surface area contributed by atoms with E-state index in [1.165, 1.54) is 13.2 Å². The summed E-state index contributed by atoms with van der Waals surface area (Å²) in [7, 11) is 3.31. The summed E-state index contributed by atoms with van der Waals surface area (Å²) in [5, 5.41) is 6.32. The van der Waals surface area contributed by atoms with E-state index >= 15 is 4.39 Å². The number of hydrogen-bond acceptors (Lipinski definition) is 7. The maximum atomic E-state index is 15.7. The summed E-state index contributed by atoms with van der Waals surface area (Å²) in [6.07, 6.45) is 3.25. The van der Waals surface area contributed by atoms with Gasteiger partial charge < -0.3 is 19.9 Å². The van der Waals surface area contributed by atoms with E-state index in [4.69, 9.17) is 27.9 Å². The third kappa shape index (κ3) is 6.45. The van der Waals surface area contributed by atoms with Crippen molar-refractivity contribution in [2.45, 2.75) is 32.4 Å². The summed E-state index contributed by atoms with van der Waals surface area (Å²) in [6.45, 7) is 4.03.